The summed E-state index contributed by atoms with van der Waals surface area (Å²) >= 11 is 5.83. The molecule has 2 aromatic rings. The van der Waals surface area contributed by atoms with Crippen molar-refractivity contribution in [3.63, 3.8) is 0 Å². The van der Waals surface area contributed by atoms with E-state index < -0.39 is 26.0 Å². The number of hydrogen-bond acceptors (Lipinski definition) is 7. The molecule has 0 amide bonds. The molecule has 138 valence electrons. The third-order valence-electron chi connectivity index (χ3n) is 3.24. The number of benzene rings is 1. The van der Waals surface area contributed by atoms with Crippen molar-refractivity contribution in [1.82, 2.24) is 9.97 Å². The summed E-state index contributed by atoms with van der Waals surface area (Å²) in [7, 11) is -2.37. The second kappa shape index (κ2) is 7.38. The number of nitrogen functional groups attached to an aromatic ring is 1. The van der Waals surface area contributed by atoms with Crippen LogP contribution in [0.4, 0.5) is 10.2 Å². The summed E-state index contributed by atoms with van der Waals surface area (Å²) in [6.45, 7) is 1.20. The molecule has 0 bridgehead atoms. The lowest BCUT2D eigenvalue weighted by molar-refractivity contribution is 0.0690. The molecule has 0 unspecified atom stereocenters. The number of nitrogens with zero attached hydrogens (tertiary/aromatic N) is 2. The molecule has 0 saturated carbocycles. The third kappa shape index (κ3) is 4.16. The van der Waals surface area contributed by atoms with Gasteiger partial charge in [0.2, 0.25) is 0 Å². The highest BCUT2D eigenvalue weighted by molar-refractivity contribution is 6.69. The minimum absolute atomic E-state index is 0.0230. The van der Waals surface area contributed by atoms with Crippen LogP contribution < -0.4 is 10.5 Å². The van der Waals surface area contributed by atoms with Crippen molar-refractivity contribution in [3.8, 4) is 17.1 Å². The number of ether oxygens (including phenoxy) is 1. The fourth-order valence-corrected chi connectivity index (χ4v) is 2.77. The lowest BCUT2D eigenvalue weighted by Gasteiger charge is -2.11. The lowest BCUT2D eigenvalue weighted by Crippen LogP contribution is -2.26. The maximum absolute atomic E-state index is 14.5. The highest BCUT2D eigenvalue weighted by atomic mass is 35.5. The number of aromatic nitrogens is 2. The highest BCUT2D eigenvalue weighted by Crippen LogP contribution is 2.34. The first-order valence-electron chi connectivity index (χ1n) is 7.12. The Morgan fingerprint density at radius 3 is 2.58 bits per heavy atom. The summed E-state index contributed by atoms with van der Waals surface area (Å²) in [5.41, 5.74) is 6.03. The van der Waals surface area contributed by atoms with Crippen molar-refractivity contribution in [2.24, 2.45) is 0 Å². The molecule has 0 spiro atoms. The van der Waals surface area contributed by atoms with E-state index in [0.29, 0.717) is 0 Å². The van der Waals surface area contributed by atoms with Crippen LogP contribution in [-0.2, 0) is 0 Å². The van der Waals surface area contributed by atoms with Gasteiger partial charge in [0.1, 0.15) is 5.82 Å². The van der Waals surface area contributed by atoms with E-state index in [2.05, 4.69) is 9.97 Å². The van der Waals surface area contributed by atoms with E-state index >= 15 is 0 Å². The first-order chi connectivity index (χ1) is 12.0. The molecule has 0 atom stereocenters. The van der Waals surface area contributed by atoms with Crippen LogP contribution in [0, 0.1) is 5.82 Å². The van der Waals surface area contributed by atoms with Crippen LogP contribution in [0.3, 0.4) is 0 Å². The van der Waals surface area contributed by atoms with Gasteiger partial charge >= 0.3 is 14.5 Å². The molecule has 0 saturated heterocycles. The molecular formula is C15H15ClFN3O5Si. The molecule has 2 rings (SSSR count). The molecule has 0 fully saturated rings. The summed E-state index contributed by atoms with van der Waals surface area (Å²) in [6, 6.07) is 2.61. The minimum Gasteiger partial charge on any atom is -0.492 e. The number of anilines is 1. The molecule has 1 aromatic carbocycles. The first kappa shape index (κ1) is 19.8. The molecule has 1 heterocycles. The number of halogens is 2. The SMILES string of the molecule is COc1c(Cl)ccc(-c2nc(N)c(C=C[Si](C)(O)O)c(C(=O)O)n2)c1F. The van der Waals surface area contributed by atoms with E-state index in [0.717, 1.165) is 11.8 Å². The largest absolute Gasteiger partial charge is 0.492 e. The van der Waals surface area contributed by atoms with E-state index in [-0.39, 0.29) is 33.5 Å². The van der Waals surface area contributed by atoms with Crippen LogP contribution in [0.15, 0.2) is 17.8 Å². The molecule has 0 aliphatic rings. The van der Waals surface area contributed by atoms with Crippen LogP contribution >= 0.6 is 11.6 Å². The van der Waals surface area contributed by atoms with Gasteiger partial charge in [-0.15, -0.1) is 0 Å². The quantitative estimate of drug-likeness (QED) is 0.558. The zero-order chi connectivity index (χ0) is 19.6. The van der Waals surface area contributed by atoms with Crippen LogP contribution in [0.5, 0.6) is 5.75 Å². The Morgan fingerprint density at radius 1 is 1.38 bits per heavy atom. The summed E-state index contributed by atoms with van der Waals surface area (Å²) in [5.74, 6) is -3.10. The van der Waals surface area contributed by atoms with Crippen molar-refractivity contribution in [2.75, 3.05) is 12.8 Å². The lowest BCUT2D eigenvalue weighted by atomic mass is 10.1. The van der Waals surface area contributed by atoms with Gasteiger partial charge < -0.3 is 25.2 Å². The Bertz CT molecular complexity index is 902. The molecule has 26 heavy (non-hydrogen) atoms. The predicted octanol–water partition coefficient (Wildman–Crippen LogP) is 1.83. The van der Waals surface area contributed by atoms with Crippen LogP contribution in [0.1, 0.15) is 16.1 Å². The minimum atomic E-state index is -3.60. The number of carboxylic acid groups (broad SMARTS) is 1. The Labute approximate surface area is 153 Å². The van der Waals surface area contributed by atoms with Gasteiger partial charge in [-0.1, -0.05) is 17.7 Å². The fraction of sp³-hybridized carbons (Fsp3) is 0.133. The number of nitrogens with two attached hydrogens (primary N) is 1. The molecular weight excluding hydrogens is 385 g/mol. The average molecular weight is 400 g/mol. The van der Waals surface area contributed by atoms with Gasteiger partial charge in [-0.25, -0.2) is 19.2 Å². The topological polar surface area (TPSA) is 139 Å². The smallest absolute Gasteiger partial charge is 0.356 e. The predicted molar refractivity (Wildman–Crippen MR) is 95.4 cm³/mol. The van der Waals surface area contributed by atoms with Gasteiger partial charge in [-0.05, 0) is 24.4 Å². The Balaban J connectivity index is 2.68. The van der Waals surface area contributed by atoms with Gasteiger partial charge in [0.05, 0.1) is 17.7 Å². The zero-order valence-corrected chi connectivity index (χ0v) is 15.5. The molecule has 8 nitrogen and oxygen atoms in total. The van der Waals surface area contributed by atoms with E-state index in [1.54, 1.807) is 0 Å². The van der Waals surface area contributed by atoms with Crippen molar-refractivity contribution in [3.05, 3.63) is 39.9 Å². The highest BCUT2D eigenvalue weighted by Gasteiger charge is 2.23. The van der Waals surface area contributed by atoms with E-state index in [4.69, 9.17) is 22.1 Å². The summed E-state index contributed by atoms with van der Waals surface area (Å²) < 4.78 is 19.4. The zero-order valence-electron chi connectivity index (χ0n) is 13.7. The van der Waals surface area contributed by atoms with Gasteiger partial charge in [-0.2, -0.15) is 0 Å². The second-order valence-electron chi connectivity index (χ2n) is 5.37. The average Bonchev–Trinajstić information content (AvgIpc) is 2.52. The normalized spacial score (nSPS) is 11.8. The number of carboxylic acids is 1. The second-order valence-corrected chi connectivity index (χ2v) is 8.30. The number of rotatable bonds is 5. The number of hydrogen-bond donors (Lipinski definition) is 4. The Kier molecular flexibility index (Phi) is 5.61. The first-order valence-corrected chi connectivity index (χ1v) is 9.97. The van der Waals surface area contributed by atoms with E-state index in [9.17, 15) is 23.9 Å². The van der Waals surface area contributed by atoms with Gasteiger partial charge in [-0.3, -0.25) is 0 Å². The summed E-state index contributed by atoms with van der Waals surface area (Å²) in [4.78, 5) is 38.2. The van der Waals surface area contributed by atoms with Gasteiger partial charge in [0, 0.05) is 5.56 Å². The number of aromatic carboxylic acids is 1. The van der Waals surface area contributed by atoms with Crippen LogP contribution in [-0.4, -0.2) is 46.3 Å². The fourth-order valence-electron chi connectivity index (χ4n) is 2.07. The monoisotopic (exact) mass is 399 g/mol. The molecule has 5 N–H and O–H groups in total. The van der Waals surface area contributed by atoms with Crippen molar-refractivity contribution < 1.29 is 28.6 Å². The van der Waals surface area contributed by atoms with Crippen LogP contribution in [0.2, 0.25) is 11.6 Å². The molecule has 0 aliphatic carbocycles. The molecule has 1 aromatic heterocycles. The summed E-state index contributed by atoms with van der Waals surface area (Å²) in [5, 5.41) is 9.40. The van der Waals surface area contributed by atoms with E-state index in [1.165, 1.54) is 25.8 Å². The van der Waals surface area contributed by atoms with Gasteiger partial charge in [0.15, 0.2) is 23.1 Å². The Morgan fingerprint density at radius 2 is 2.04 bits per heavy atom. The third-order valence-corrected chi connectivity index (χ3v) is 4.33. The van der Waals surface area contributed by atoms with Crippen molar-refractivity contribution in [2.45, 2.75) is 6.55 Å². The number of methoxy groups -OCH3 is 1. The van der Waals surface area contributed by atoms with Gasteiger partial charge in [0.25, 0.3) is 0 Å². The molecule has 11 heteroatoms. The van der Waals surface area contributed by atoms with Crippen molar-refractivity contribution >= 4 is 38.0 Å². The van der Waals surface area contributed by atoms with Crippen LogP contribution in [0.25, 0.3) is 17.5 Å². The standard InChI is InChI=1S/C15H15ClFN3O5Si/c1-25-12-9(16)4-3-7(10(12)17)14-19-11(15(21)22)8(13(18)20-14)5-6-26(2,23)24/h3-6,23-24H,1-2H3,(H,21,22)(H2,18,19,20). The molecule has 0 aliphatic heterocycles. The maximum atomic E-state index is 14.5. The summed E-state index contributed by atoms with van der Waals surface area (Å²) in [6.07, 6.45) is 1.12. The molecule has 0 radical (unpaired) electrons. The number of carbonyl (C=O) groups is 1. The van der Waals surface area contributed by atoms with Crippen molar-refractivity contribution in [1.29, 1.82) is 0 Å². The van der Waals surface area contributed by atoms with E-state index in [1.807, 2.05) is 0 Å². The Hall–Kier alpha value is -2.53. The maximum Gasteiger partial charge on any atom is 0.356 e.